The van der Waals surface area contributed by atoms with Gasteiger partial charge in [0.1, 0.15) is 0 Å². The SMILES string of the molecule is CC1CN(C(=O)C2Cc3ccccc3S2)CCN1.Cl. The van der Waals surface area contributed by atoms with Crippen molar-refractivity contribution in [2.75, 3.05) is 19.6 Å². The number of benzene rings is 1. The van der Waals surface area contributed by atoms with Crippen LogP contribution in [0.5, 0.6) is 0 Å². The first-order valence-corrected chi connectivity index (χ1v) is 7.39. The van der Waals surface area contributed by atoms with Crippen LogP contribution in [0.15, 0.2) is 29.2 Å². The fourth-order valence-corrected chi connectivity index (χ4v) is 3.94. The first kappa shape index (κ1) is 14.7. The average molecular weight is 299 g/mol. The van der Waals surface area contributed by atoms with Crippen LogP contribution in [-0.4, -0.2) is 41.7 Å². The summed E-state index contributed by atoms with van der Waals surface area (Å²) in [6.07, 6.45) is 0.887. The van der Waals surface area contributed by atoms with Crippen molar-refractivity contribution in [3.63, 3.8) is 0 Å². The van der Waals surface area contributed by atoms with Gasteiger partial charge in [0, 0.05) is 30.6 Å². The Hall–Kier alpha value is -0.710. The molecule has 2 aliphatic heterocycles. The lowest BCUT2D eigenvalue weighted by Crippen LogP contribution is -2.53. The van der Waals surface area contributed by atoms with E-state index in [9.17, 15) is 4.79 Å². The Kier molecular flexibility index (Phi) is 4.76. The number of piperazine rings is 1. The van der Waals surface area contributed by atoms with Crippen LogP contribution in [0.4, 0.5) is 0 Å². The second-order valence-electron chi connectivity index (χ2n) is 5.06. The first-order chi connectivity index (χ1) is 8.74. The molecule has 19 heavy (non-hydrogen) atoms. The Morgan fingerprint density at radius 1 is 1.42 bits per heavy atom. The fourth-order valence-electron chi connectivity index (χ4n) is 2.66. The number of nitrogens with one attached hydrogen (secondary N) is 1. The Bertz CT molecular complexity index is 444. The maximum Gasteiger partial charge on any atom is 0.236 e. The smallest absolute Gasteiger partial charge is 0.236 e. The summed E-state index contributed by atoms with van der Waals surface area (Å²) in [6, 6.07) is 8.77. The summed E-state index contributed by atoms with van der Waals surface area (Å²) in [7, 11) is 0. The quantitative estimate of drug-likeness (QED) is 0.860. The van der Waals surface area contributed by atoms with Crippen LogP contribution in [0.2, 0.25) is 0 Å². The van der Waals surface area contributed by atoms with Gasteiger partial charge in [0.25, 0.3) is 0 Å². The van der Waals surface area contributed by atoms with E-state index in [1.807, 2.05) is 11.0 Å². The zero-order valence-electron chi connectivity index (χ0n) is 11.0. The van der Waals surface area contributed by atoms with Gasteiger partial charge in [0.15, 0.2) is 0 Å². The van der Waals surface area contributed by atoms with Gasteiger partial charge in [-0.3, -0.25) is 4.79 Å². The maximum absolute atomic E-state index is 12.5. The van der Waals surface area contributed by atoms with Crippen molar-refractivity contribution in [2.24, 2.45) is 0 Å². The highest BCUT2D eigenvalue weighted by molar-refractivity contribution is 8.01. The van der Waals surface area contributed by atoms with Crippen molar-refractivity contribution < 1.29 is 4.79 Å². The van der Waals surface area contributed by atoms with Crippen LogP contribution in [0.1, 0.15) is 12.5 Å². The molecule has 3 nitrogen and oxygen atoms in total. The third kappa shape index (κ3) is 3.07. The number of carbonyl (C=O) groups excluding carboxylic acids is 1. The van der Waals surface area contributed by atoms with Crippen molar-refractivity contribution in [1.82, 2.24) is 10.2 Å². The van der Waals surface area contributed by atoms with Crippen molar-refractivity contribution in [2.45, 2.75) is 29.5 Å². The highest BCUT2D eigenvalue weighted by atomic mass is 35.5. The van der Waals surface area contributed by atoms with Gasteiger partial charge >= 0.3 is 0 Å². The van der Waals surface area contributed by atoms with Crippen molar-refractivity contribution in [1.29, 1.82) is 0 Å². The summed E-state index contributed by atoms with van der Waals surface area (Å²) in [5, 5.41) is 3.46. The zero-order valence-corrected chi connectivity index (χ0v) is 12.6. The van der Waals surface area contributed by atoms with Gasteiger partial charge in [-0.2, -0.15) is 0 Å². The third-order valence-electron chi connectivity index (χ3n) is 3.60. The Morgan fingerprint density at radius 2 is 2.21 bits per heavy atom. The van der Waals surface area contributed by atoms with Gasteiger partial charge in [0.2, 0.25) is 5.91 Å². The molecule has 1 N–H and O–H groups in total. The lowest BCUT2D eigenvalue weighted by molar-refractivity contribution is -0.131. The second kappa shape index (κ2) is 6.16. The first-order valence-electron chi connectivity index (χ1n) is 6.51. The fraction of sp³-hybridized carbons (Fsp3) is 0.500. The standard InChI is InChI=1S/C14H18N2OS.ClH/c1-10-9-16(7-6-15-10)14(17)13-8-11-4-2-3-5-12(11)18-13;/h2-5,10,13,15H,6-9H2,1H3;1H. The molecule has 5 heteroatoms. The van der Waals surface area contributed by atoms with Crippen LogP contribution in [0.3, 0.4) is 0 Å². The normalized spacial score (nSPS) is 25.6. The van der Waals surface area contributed by atoms with Gasteiger partial charge in [-0.05, 0) is 25.0 Å². The molecule has 1 aromatic rings. The van der Waals surface area contributed by atoms with Crippen LogP contribution in [-0.2, 0) is 11.2 Å². The number of rotatable bonds is 1. The Morgan fingerprint density at radius 3 is 2.95 bits per heavy atom. The van der Waals surface area contributed by atoms with E-state index in [0.29, 0.717) is 11.9 Å². The molecule has 2 atom stereocenters. The summed E-state index contributed by atoms with van der Waals surface area (Å²) in [4.78, 5) is 15.8. The molecule has 0 spiro atoms. The number of nitrogens with zero attached hydrogens (tertiary/aromatic N) is 1. The molecule has 2 heterocycles. The zero-order chi connectivity index (χ0) is 12.5. The molecule has 0 aromatic heterocycles. The molecule has 1 fully saturated rings. The highest BCUT2D eigenvalue weighted by Crippen LogP contribution is 2.37. The molecular formula is C14H19ClN2OS. The van der Waals surface area contributed by atoms with E-state index in [1.54, 1.807) is 11.8 Å². The summed E-state index contributed by atoms with van der Waals surface area (Å²) >= 11 is 1.73. The highest BCUT2D eigenvalue weighted by Gasteiger charge is 2.32. The minimum Gasteiger partial charge on any atom is -0.339 e. The number of hydrogen-bond donors (Lipinski definition) is 1. The Labute approximate surface area is 124 Å². The predicted octanol–water partition coefficient (Wildman–Crippen LogP) is 1.95. The van der Waals surface area contributed by atoms with Crippen LogP contribution in [0, 0.1) is 0 Å². The molecule has 0 saturated carbocycles. The molecule has 1 amide bonds. The summed E-state index contributed by atoms with van der Waals surface area (Å²) < 4.78 is 0. The van der Waals surface area contributed by atoms with E-state index < -0.39 is 0 Å². The summed E-state index contributed by atoms with van der Waals surface area (Å²) in [6.45, 7) is 4.73. The molecule has 1 aromatic carbocycles. The predicted molar refractivity (Wildman–Crippen MR) is 81.1 cm³/mol. The number of halogens is 1. The van der Waals surface area contributed by atoms with E-state index in [1.165, 1.54) is 10.5 Å². The van der Waals surface area contributed by atoms with E-state index >= 15 is 0 Å². The van der Waals surface area contributed by atoms with Gasteiger partial charge in [-0.1, -0.05) is 18.2 Å². The van der Waals surface area contributed by atoms with Crippen LogP contribution in [0.25, 0.3) is 0 Å². The lowest BCUT2D eigenvalue weighted by Gasteiger charge is -2.33. The van der Waals surface area contributed by atoms with E-state index in [2.05, 4.69) is 30.4 Å². The molecule has 2 aliphatic rings. The monoisotopic (exact) mass is 298 g/mol. The summed E-state index contributed by atoms with van der Waals surface area (Å²) in [5.74, 6) is 0.310. The minimum atomic E-state index is 0. The number of carbonyl (C=O) groups is 1. The number of hydrogen-bond acceptors (Lipinski definition) is 3. The van der Waals surface area contributed by atoms with Crippen LogP contribution < -0.4 is 5.32 Å². The number of thioether (sulfide) groups is 1. The van der Waals surface area contributed by atoms with Gasteiger partial charge in [-0.25, -0.2) is 0 Å². The van der Waals surface area contributed by atoms with E-state index in [4.69, 9.17) is 0 Å². The number of amides is 1. The topological polar surface area (TPSA) is 32.3 Å². The molecule has 2 unspecified atom stereocenters. The molecule has 3 rings (SSSR count). The molecule has 0 bridgehead atoms. The van der Waals surface area contributed by atoms with Gasteiger partial charge in [0.05, 0.1) is 5.25 Å². The van der Waals surface area contributed by atoms with Crippen molar-refractivity contribution in [3.8, 4) is 0 Å². The molecule has 0 aliphatic carbocycles. The van der Waals surface area contributed by atoms with Gasteiger partial charge < -0.3 is 10.2 Å². The molecule has 1 saturated heterocycles. The van der Waals surface area contributed by atoms with Crippen molar-refractivity contribution in [3.05, 3.63) is 29.8 Å². The van der Waals surface area contributed by atoms with E-state index in [0.717, 1.165) is 26.1 Å². The third-order valence-corrected chi connectivity index (χ3v) is 4.91. The minimum absolute atomic E-state index is 0. The maximum atomic E-state index is 12.5. The Balaban J connectivity index is 0.00000133. The summed E-state index contributed by atoms with van der Waals surface area (Å²) in [5.41, 5.74) is 1.32. The van der Waals surface area contributed by atoms with Crippen LogP contribution >= 0.6 is 24.2 Å². The molecular weight excluding hydrogens is 280 g/mol. The number of fused-ring (bicyclic) bond motifs is 1. The largest absolute Gasteiger partial charge is 0.339 e. The van der Waals surface area contributed by atoms with Gasteiger partial charge in [-0.15, -0.1) is 24.2 Å². The average Bonchev–Trinajstić information content (AvgIpc) is 2.81. The van der Waals surface area contributed by atoms with Crippen molar-refractivity contribution >= 4 is 30.1 Å². The second-order valence-corrected chi connectivity index (χ2v) is 6.30. The van der Waals surface area contributed by atoms with E-state index in [-0.39, 0.29) is 17.7 Å². The lowest BCUT2D eigenvalue weighted by atomic mass is 10.1. The molecule has 0 radical (unpaired) electrons. The molecule has 104 valence electrons.